The molecule has 10 heavy (non-hydrogen) atoms. The van der Waals surface area contributed by atoms with Gasteiger partial charge in [0.2, 0.25) is 0 Å². The molecule has 0 saturated heterocycles. The molecule has 4 heteroatoms. The number of hydrogen-bond donors (Lipinski definition) is 0. The Morgan fingerprint density at radius 3 is 2.70 bits per heavy atom. The van der Waals surface area contributed by atoms with Gasteiger partial charge in [-0.2, -0.15) is 0 Å². The van der Waals surface area contributed by atoms with Crippen LogP contribution in [0.25, 0.3) is 0 Å². The Kier molecular flexibility index (Phi) is 3.01. The molecule has 0 fully saturated rings. The average Bonchev–Trinajstić information content (AvgIpc) is 1.95. The Hall–Kier alpha value is 0.270. The van der Waals surface area contributed by atoms with Crippen molar-refractivity contribution in [1.82, 2.24) is 0 Å². The zero-order chi connectivity index (χ0) is 7.56. The summed E-state index contributed by atoms with van der Waals surface area (Å²) in [6, 6.07) is 4.74. The van der Waals surface area contributed by atoms with Crippen molar-refractivity contribution >= 4 is 37.6 Å². The molecule has 0 N–H and O–H groups in total. The first kappa shape index (κ1) is 8.37. The van der Waals surface area contributed by atoms with E-state index in [1.807, 2.05) is 0 Å². The summed E-state index contributed by atoms with van der Waals surface area (Å²) in [7, 11) is 6.39. The topological polar surface area (TPSA) is 0 Å². The summed E-state index contributed by atoms with van der Waals surface area (Å²) in [6.07, 6.45) is 0. The zero-order valence-corrected chi connectivity index (χ0v) is 7.93. The van der Waals surface area contributed by atoms with Crippen LogP contribution in [0.5, 0.6) is 0 Å². The van der Waals surface area contributed by atoms with Crippen LogP contribution in [0.3, 0.4) is 0 Å². The van der Waals surface area contributed by atoms with Crippen LogP contribution >= 0.6 is 37.6 Å². The van der Waals surface area contributed by atoms with Crippen LogP contribution in [0.4, 0.5) is 4.39 Å². The Morgan fingerprint density at radius 2 is 2.20 bits per heavy atom. The number of hydrogen-bond acceptors (Lipinski definition) is 1. The number of benzene rings is 1. The van der Waals surface area contributed by atoms with E-state index in [4.69, 9.17) is 10.7 Å². The van der Waals surface area contributed by atoms with Crippen LogP contribution in [0.1, 0.15) is 0 Å². The zero-order valence-electron chi connectivity index (χ0n) is 4.77. The molecule has 0 heterocycles. The van der Waals surface area contributed by atoms with E-state index in [2.05, 4.69) is 15.9 Å². The largest absolute Gasteiger partial charge is 0.206 e. The van der Waals surface area contributed by atoms with Gasteiger partial charge in [0.15, 0.2) is 0 Å². The fourth-order valence-electron chi connectivity index (χ4n) is 0.525. The van der Waals surface area contributed by atoms with Gasteiger partial charge < -0.3 is 0 Å². The maximum Gasteiger partial charge on any atom is 0.138 e. The normalized spacial score (nSPS) is 9.90. The van der Waals surface area contributed by atoms with Gasteiger partial charge in [0.05, 0.1) is 4.47 Å². The van der Waals surface area contributed by atoms with Crippen LogP contribution in [0.2, 0.25) is 0 Å². The highest BCUT2D eigenvalue weighted by Crippen LogP contribution is 2.25. The van der Waals surface area contributed by atoms with Crippen molar-refractivity contribution in [2.45, 2.75) is 4.90 Å². The van der Waals surface area contributed by atoms with E-state index >= 15 is 0 Å². The Morgan fingerprint density at radius 1 is 1.50 bits per heavy atom. The molecule has 0 aliphatic rings. The average molecular weight is 242 g/mol. The van der Waals surface area contributed by atoms with Crippen LogP contribution < -0.4 is 0 Å². The minimum atomic E-state index is -0.286. The molecule has 0 unspecified atom stereocenters. The highest BCUT2D eigenvalue weighted by molar-refractivity contribution is 9.10. The van der Waals surface area contributed by atoms with E-state index in [1.54, 1.807) is 12.1 Å². The summed E-state index contributed by atoms with van der Waals surface area (Å²) in [5.41, 5.74) is 0. The summed E-state index contributed by atoms with van der Waals surface area (Å²) in [5, 5.41) is 0. The fourth-order valence-corrected chi connectivity index (χ4v) is 1.33. The second kappa shape index (κ2) is 3.60. The summed E-state index contributed by atoms with van der Waals surface area (Å²) < 4.78 is 13.1. The highest BCUT2D eigenvalue weighted by Gasteiger charge is 1.98. The quantitative estimate of drug-likeness (QED) is 0.720. The van der Waals surface area contributed by atoms with Gasteiger partial charge in [-0.15, -0.1) is 0 Å². The molecule has 0 bridgehead atoms. The van der Waals surface area contributed by atoms with Crippen molar-refractivity contribution in [3.05, 3.63) is 28.5 Å². The van der Waals surface area contributed by atoms with Crippen LogP contribution in [-0.2, 0) is 0 Å². The van der Waals surface area contributed by atoms with E-state index in [0.29, 0.717) is 9.37 Å². The molecule has 0 aliphatic carbocycles. The summed E-state index contributed by atoms with van der Waals surface area (Å²) in [5.74, 6) is -0.286. The van der Waals surface area contributed by atoms with E-state index in [-0.39, 0.29) is 5.82 Å². The highest BCUT2D eigenvalue weighted by atomic mass is 79.9. The Labute approximate surface area is 75.4 Å². The molecule has 0 aromatic heterocycles. The van der Waals surface area contributed by atoms with Crippen molar-refractivity contribution in [1.29, 1.82) is 0 Å². The van der Waals surface area contributed by atoms with Gasteiger partial charge in [-0.05, 0) is 55.8 Å². The lowest BCUT2D eigenvalue weighted by Crippen LogP contribution is -1.75. The van der Waals surface area contributed by atoms with E-state index < -0.39 is 0 Å². The van der Waals surface area contributed by atoms with Gasteiger partial charge in [-0.3, -0.25) is 0 Å². The van der Waals surface area contributed by atoms with Crippen LogP contribution in [-0.4, -0.2) is 0 Å². The number of halogens is 3. The van der Waals surface area contributed by atoms with Gasteiger partial charge in [0.1, 0.15) is 5.82 Å². The molecule has 0 spiro atoms. The summed E-state index contributed by atoms with van der Waals surface area (Å²) >= 11 is 3.03. The second-order valence-corrected chi connectivity index (χ2v) is 3.60. The third kappa shape index (κ3) is 1.87. The van der Waals surface area contributed by atoms with Crippen molar-refractivity contribution < 1.29 is 4.39 Å². The van der Waals surface area contributed by atoms with Crippen molar-refractivity contribution in [3.8, 4) is 0 Å². The molecular formula is C6H3BrClFS. The minimum absolute atomic E-state index is 0.286. The summed E-state index contributed by atoms with van der Waals surface area (Å²) in [6.45, 7) is 0. The lowest BCUT2D eigenvalue weighted by molar-refractivity contribution is 0.617. The third-order valence-corrected chi connectivity index (χ3v) is 2.59. The Bertz CT molecular complexity index is 241. The number of rotatable bonds is 1. The first-order chi connectivity index (χ1) is 4.74. The molecule has 1 aromatic rings. The van der Waals surface area contributed by atoms with Gasteiger partial charge in [-0.25, -0.2) is 4.39 Å². The van der Waals surface area contributed by atoms with Crippen molar-refractivity contribution in [2.75, 3.05) is 0 Å². The van der Waals surface area contributed by atoms with Crippen molar-refractivity contribution in [2.24, 2.45) is 0 Å². The first-order valence-electron chi connectivity index (χ1n) is 2.47. The molecule has 0 amide bonds. The van der Waals surface area contributed by atoms with E-state index in [1.165, 1.54) is 6.07 Å². The van der Waals surface area contributed by atoms with E-state index in [0.717, 1.165) is 11.0 Å². The lowest BCUT2D eigenvalue weighted by atomic mass is 10.3. The first-order valence-corrected chi connectivity index (χ1v) is 4.91. The molecule has 1 aromatic carbocycles. The smallest absolute Gasteiger partial charge is 0.138 e. The van der Waals surface area contributed by atoms with Gasteiger partial charge in [0, 0.05) is 4.90 Å². The molecule has 54 valence electrons. The minimum Gasteiger partial charge on any atom is -0.206 e. The predicted octanol–water partition coefficient (Wildman–Crippen LogP) is 3.83. The molecule has 0 aliphatic heterocycles. The third-order valence-electron chi connectivity index (χ3n) is 0.980. The monoisotopic (exact) mass is 240 g/mol. The molecule has 0 radical (unpaired) electrons. The molecule has 0 atom stereocenters. The summed E-state index contributed by atoms with van der Waals surface area (Å²) in [4.78, 5) is 0.711. The van der Waals surface area contributed by atoms with Gasteiger partial charge in [-0.1, -0.05) is 0 Å². The van der Waals surface area contributed by atoms with Gasteiger partial charge >= 0.3 is 0 Å². The van der Waals surface area contributed by atoms with Crippen LogP contribution in [0, 0.1) is 5.82 Å². The maximum atomic E-state index is 12.6. The fraction of sp³-hybridized carbons (Fsp3) is 0. The Balaban J connectivity index is 3.04. The van der Waals surface area contributed by atoms with E-state index in [9.17, 15) is 4.39 Å². The SMILES string of the molecule is Fc1cc(SCl)ccc1Br. The van der Waals surface area contributed by atoms with Crippen LogP contribution in [0.15, 0.2) is 27.6 Å². The van der Waals surface area contributed by atoms with Gasteiger partial charge in [0.25, 0.3) is 0 Å². The molecule has 0 nitrogen and oxygen atoms in total. The maximum absolute atomic E-state index is 12.6. The standard InChI is InChI=1S/C6H3BrClFS/c7-5-2-1-4(10-8)3-6(5)9/h1-3H. The molecular weight excluding hydrogens is 238 g/mol. The predicted molar refractivity (Wildman–Crippen MR) is 45.8 cm³/mol. The van der Waals surface area contributed by atoms with Crippen molar-refractivity contribution in [3.63, 3.8) is 0 Å². The molecule has 1 rings (SSSR count). The second-order valence-electron chi connectivity index (χ2n) is 1.65. The molecule has 0 saturated carbocycles. The lowest BCUT2D eigenvalue weighted by Gasteiger charge is -1.95.